The van der Waals surface area contributed by atoms with E-state index in [-0.39, 0.29) is 6.09 Å². The Bertz CT molecular complexity index is 252. The summed E-state index contributed by atoms with van der Waals surface area (Å²) in [5, 5.41) is 2.94. The molecule has 98 valence electrons. The molecule has 4 heteroatoms. The lowest BCUT2D eigenvalue weighted by Crippen LogP contribution is -2.34. The van der Waals surface area contributed by atoms with Gasteiger partial charge in [0.1, 0.15) is 0 Å². The van der Waals surface area contributed by atoms with Gasteiger partial charge in [-0.1, -0.05) is 19.3 Å². The average molecular weight is 240 g/mol. The van der Waals surface area contributed by atoms with Crippen LogP contribution in [0.3, 0.4) is 0 Å². The van der Waals surface area contributed by atoms with Crippen molar-refractivity contribution < 1.29 is 9.53 Å². The standard InChI is InChI=1S/C13H24N2O2/c14-8-10-4-3-5-11(10)9-17-13(16)15-12-6-1-2-7-12/h10-12H,1-9,14H2,(H,15,16). The molecule has 2 atom stereocenters. The summed E-state index contributed by atoms with van der Waals surface area (Å²) < 4.78 is 5.31. The Morgan fingerprint density at radius 3 is 2.53 bits per heavy atom. The Balaban J connectivity index is 1.65. The van der Waals surface area contributed by atoms with Gasteiger partial charge in [0.05, 0.1) is 6.61 Å². The predicted molar refractivity (Wildman–Crippen MR) is 66.6 cm³/mol. The molecule has 2 aliphatic rings. The van der Waals surface area contributed by atoms with E-state index in [4.69, 9.17) is 10.5 Å². The zero-order chi connectivity index (χ0) is 12.1. The van der Waals surface area contributed by atoms with Crippen molar-refractivity contribution in [2.24, 2.45) is 17.6 Å². The molecule has 2 fully saturated rings. The van der Waals surface area contributed by atoms with Gasteiger partial charge in [-0.2, -0.15) is 0 Å². The molecule has 2 saturated carbocycles. The van der Waals surface area contributed by atoms with E-state index in [0.29, 0.717) is 24.5 Å². The fourth-order valence-electron chi connectivity index (χ4n) is 3.10. The van der Waals surface area contributed by atoms with Crippen molar-refractivity contribution in [3.8, 4) is 0 Å². The minimum Gasteiger partial charge on any atom is -0.449 e. The van der Waals surface area contributed by atoms with Gasteiger partial charge >= 0.3 is 6.09 Å². The zero-order valence-electron chi connectivity index (χ0n) is 10.5. The zero-order valence-corrected chi connectivity index (χ0v) is 10.5. The van der Waals surface area contributed by atoms with E-state index >= 15 is 0 Å². The fourth-order valence-corrected chi connectivity index (χ4v) is 3.10. The molecule has 0 bridgehead atoms. The van der Waals surface area contributed by atoms with E-state index in [1.165, 1.54) is 25.7 Å². The maximum absolute atomic E-state index is 11.6. The molecule has 2 aliphatic carbocycles. The van der Waals surface area contributed by atoms with Gasteiger partial charge in [-0.15, -0.1) is 0 Å². The van der Waals surface area contributed by atoms with E-state index in [1.54, 1.807) is 0 Å². The molecule has 3 N–H and O–H groups in total. The molecule has 2 rings (SSSR count). The molecule has 0 aromatic heterocycles. The van der Waals surface area contributed by atoms with Crippen LogP contribution < -0.4 is 11.1 Å². The molecule has 0 aliphatic heterocycles. The summed E-state index contributed by atoms with van der Waals surface area (Å²) in [6.45, 7) is 1.26. The molecule has 2 unspecified atom stereocenters. The summed E-state index contributed by atoms with van der Waals surface area (Å²) in [7, 11) is 0. The predicted octanol–water partition coefficient (Wildman–Crippen LogP) is 2.03. The number of rotatable bonds is 4. The number of hydrogen-bond donors (Lipinski definition) is 2. The third-order valence-corrected chi connectivity index (χ3v) is 4.22. The van der Waals surface area contributed by atoms with Crippen molar-refractivity contribution in [1.82, 2.24) is 5.32 Å². The van der Waals surface area contributed by atoms with Crippen LogP contribution in [0.5, 0.6) is 0 Å². The Labute approximate surface area is 103 Å². The highest BCUT2D eigenvalue weighted by molar-refractivity contribution is 5.67. The van der Waals surface area contributed by atoms with Crippen LogP contribution in [0.1, 0.15) is 44.9 Å². The van der Waals surface area contributed by atoms with Crippen molar-refractivity contribution in [2.75, 3.05) is 13.2 Å². The smallest absolute Gasteiger partial charge is 0.407 e. The van der Waals surface area contributed by atoms with E-state index in [1.807, 2.05) is 0 Å². The number of carbonyl (C=O) groups is 1. The molecule has 0 spiro atoms. The van der Waals surface area contributed by atoms with Gasteiger partial charge in [0.25, 0.3) is 0 Å². The first-order valence-corrected chi connectivity index (χ1v) is 6.93. The summed E-state index contributed by atoms with van der Waals surface area (Å²) >= 11 is 0. The molecule has 0 radical (unpaired) electrons. The highest BCUT2D eigenvalue weighted by Crippen LogP contribution is 2.31. The largest absolute Gasteiger partial charge is 0.449 e. The van der Waals surface area contributed by atoms with Crippen molar-refractivity contribution in [1.29, 1.82) is 0 Å². The maximum Gasteiger partial charge on any atom is 0.407 e. The van der Waals surface area contributed by atoms with Crippen molar-refractivity contribution in [3.63, 3.8) is 0 Å². The first-order valence-electron chi connectivity index (χ1n) is 6.93. The molecule has 1 amide bonds. The van der Waals surface area contributed by atoms with Crippen molar-refractivity contribution >= 4 is 6.09 Å². The number of alkyl carbamates (subject to hydrolysis) is 1. The van der Waals surface area contributed by atoms with Crippen LogP contribution >= 0.6 is 0 Å². The highest BCUT2D eigenvalue weighted by Gasteiger charge is 2.27. The summed E-state index contributed by atoms with van der Waals surface area (Å²) in [5.74, 6) is 1.03. The van der Waals surface area contributed by atoms with E-state index in [9.17, 15) is 4.79 Å². The molecule has 0 saturated heterocycles. The normalized spacial score (nSPS) is 29.5. The van der Waals surface area contributed by atoms with Crippen LogP contribution in [0, 0.1) is 11.8 Å². The van der Waals surface area contributed by atoms with E-state index in [0.717, 1.165) is 25.8 Å². The fraction of sp³-hybridized carbons (Fsp3) is 0.923. The Morgan fingerprint density at radius 1 is 1.12 bits per heavy atom. The average Bonchev–Trinajstić information content (AvgIpc) is 2.96. The Hall–Kier alpha value is -0.770. The molecule has 0 heterocycles. The van der Waals surface area contributed by atoms with Crippen LogP contribution in [0.4, 0.5) is 4.79 Å². The van der Waals surface area contributed by atoms with Crippen molar-refractivity contribution in [2.45, 2.75) is 51.0 Å². The first-order chi connectivity index (χ1) is 8.29. The summed E-state index contributed by atoms with van der Waals surface area (Å²) in [4.78, 5) is 11.6. The lowest BCUT2D eigenvalue weighted by molar-refractivity contribution is 0.114. The molecule has 4 nitrogen and oxygen atoms in total. The number of amides is 1. The Morgan fingerprint density at radius 2 is 1.82 bits per heavy atom. The number of nitrogens with one attached hydrogen (secondary N) is 1. The van der Waals surface area contributed by atoms with Crippen LogP contribution in [0.15, 0.2) is 0 Å². The van der Waals surface area contributed by atoms with Gasteiger partial charge in [0.2, 0.25) is 0 Å². The summed E-state index contributed by atoms with van der Waals surface area (Å²) in [6.07, 6.45) is 7.98. The lowest BCUT2D eigenvalue weighted by atomic mass is 9.97. The van der Waals surface area contributed by atoms with Crippen LogP contribution in [-0.4, -0.2) is 25.3 Å². The summed E-state index contributed by atoms with van der Waals surface area (Å²) in [5.41, 5.74) is 5.71. The van der Waals surface area contributed by atoms with Crippen LogP contribution in [0.25, 0.3) is 0 Å². The van der Waals surface area contributed by atoms with Gasteiger partial charge in [0.15, 0.2) is 0 Å². The SMILES string of the molecule is NCC1CCCC1COC(=O)NC1CCCC1. The van der Waals surface area contributed by atoms with Gasteiger partial charge in [0, 0.05) is 6.04 Å². The number of hydrogen-bond acceptors (Lipinski definition) is 3. The van der Waals surface area contributed by atoms with E-state index in [2.05, 4.69) is 5.32 Å². The molecule has 17 heavy (non-hydrogen) atoms. The van der Waals surface area contributed by atoms with Gasteiger partial charge in [-0.05, 0) is 44.1 Å². The minimum atomic E-state index is -0.237. The molecule has 0 aromatic rings. The summed E-state index contributed by atoms with van der Waals surface area (Å²) in [6, 6.07) is 0.344. The third kappa shape index (κ3) is 3.60. The van der Waals surface area contributed by atoms with Gasteiger partial charge in [-0.3, -0.25) is 0 Å². The van der Waals surface area contributed by atoms with Crippen LogP contribution in [-0.2, 0) is 4.74 Å². The monoisotopic (exact) mass is 240 g/mol. The first kappa shape index (κ1) is 12.7. The minimum absolute atomic E-state index is 0.237. The van der Waals surface area contributed by atoms with Gasteiger partial charge in [-0.25, -0.2) is 4.79 Å². The lowest BCUT2D eigenvalue weighted by Gasteiger charge is -2.18. The second-order valence-corrected chi connectivity index (χ2v) is 5.41. The maximum atomic E-state index is 11.6. The topological polar surface area (TPSA) is 64.3 Å². The molecular formula is C13H24N2O2. The molecular weight excluding hydrogens is 216 g/mol. The quantitative estimate of drug-likeness (QED) is 0.790. The van der Waals surface area contributed by atoms with Gasteiger partial charge < -0.3 is 15.8 Å². The second-order valence-electron chi connectivity index (χ2n) is 5.41. The number of carbonyl (C=O) groups excluding carboxylic acids is 1. The second kappa shape index (κ2) is 6.24. The van der Waals surface area contributed by atoms with E-state index < -0.39 is 0 Å². The Kier molecular flexibility index (Phi) is 4.66. The highest BCUT2D eigenvalue weighted by atomic mass is 16.5. The molecule has 0 aromatic carbocycles. The van der Waals surface area contributed by atoms with Crippen LogP contribution in [0.2, 0.25) is 0 Å². The third-order valence-electron chi connectivity index (χ3n) is 4.22. The number of nitrogens with two attached hydrogens (primary N) is 1. The number of ether oxygens (including phenoxy) is 1. The van der Waals surface area contributed by atoms with Crippen molar-refractivity contribution in [3.05, 3.63) is 0 Å².